The number of carbonyl (C=O) groups excluding carboxylic acids is 1. The number of carbonyl (C=O) groups is 1. The molecule has 5 nitrogen and oxygen atoms in total. The van der Waals surface area contributed by atoms with Crippen LogP contribution in [0.5, 0.6) is 0 Å². The maximum absolute atomic E-state index is 11.4. The minimum absolute atomic E-state index is 0.0336. The Labute approximate surface area is 105 Å². The van der Waals surface area contributed by atoms with Crippen molar-refractivity contribution in [3.05, 3.63) is 42.0 Å². The SMILES string of the molecule is COC(C)c1nncn1-c1cccc(C(C)=O)c1. The Morgan fingerprint density at radius 2 is 2.22 bits per heavy atom. The summed E-state index contributed by atoms with van der Waals surface area (Å²) in [6, 6.07) is 7.35. The van der Waals surface area contributed by atoms with Crippen LogP contribution in [0.2, 0.25) is 0 Å². The monoisotopic (exact) mass is 245 g/mol. The Balaban J connectivity index is 2.46. The number of Topliss-reactive ketones (excluding diaryl/α,β-unsaturated/α-hetero) is 1. The summed E-state index contributed by atoms with van der Waals surface area (Å²) in [4.78, 5) is 11.4. The molecule has 0 fully saturated rings. The molecule has 0 radical (unpaired) electrons. The van der Waals surface area contributed by atoms with Crippen molar-refractivity contribution in [1.29, 1.82) is 0 Å². The second kappa shape index (κ2) is 5.10. The van der Waals surface area contributed by atoms with E-state index in [0.29, 0.717) is 11.4 Å². The van der Waals surface area contributed by atoms with Gasteiger partial charge < -0.3 is 4.74 Å². The van der Waals surface area contributed by atoms with Gasteiger partial charge in [0.15, 0.2) is 11.6 Å². The molecule has 1 atom stereocenters. The van der Waals surface area contributed by atoms with Gasteiger partial charge in [-0.1, -0.05) is 12.1 Å². The van der Waals surface area contributed by atoms with Crippen LogP contribution >= 0.6 is 0 Å². The number of hydrogen-bond donors (Lipinski definition) is 0. The van der Waals surface area contributed by atoms with E-state index in [0.717, 1.165) is 5.69 Å². The van der Waals surface area contributed by atoms with E-state index in [9.17, 15) is 4.79 Å². The first-order chi connectivity index (χ1) is 8.63. The number of hydrogen-bond acceptors (Lipinski definition) is 4. The van der Waals surface area contributed by atoms with E-state index in [1.807, 2.05) is 29.7 Å². The summed E-state index contributed by atoms with van der Waals surface area (Å²) >= 11 is 0. The van der Waals surface area contributed by atoms with Gasteiger partial charge in [-0.3, -0.25) is 9.36 Å². The fourth-order valence-corrected chi connectivity index (χ4v) is 1.70. The highest BCUT2D eigenvalue weighted by Gasteiger charge is 2.14. The molecule has 0 aliphatic heterocycles. The number of benzene rings is 1. The van der Waals surface area contributed by atoms with Crippen molar-refractivity contribution in [2.24, 2.45) is 0 Å². The summed E-state index contributed by atoms with van der Waals surface area (Å²) in [6.07, 6.45) is 1.46. The zero-order chi connectivity index (χ0) is 13.1. The van der Waals surface area contributed by atoms with E-state index in [4.69, 9.17) is 4.74 Å². The topological polar surface area (TPSA) is 57.0 Å². The molecule has 1 aromatic heterocycles. The molecule has 1 heterocycles. The van der Waals surface area contributed by atoms with Crippen molar-refractivity contribution in [2.75, 3.05) is 7.11 Å². The lowest BCUT2D eigenvalue weighted by Gasteiger charge is -2.11. The Morgan fingerprint density at radius 3 is 2.89 bits per heavy atom. The molecule has 0 N–H and O–H groups in total. The Morgan fingerprint density at radius 1 is 1.44 bits per heavy atom. The highest BCUT2D eigenvalue weighted by molar-refractivity contribution is 5.94. The highest BCUT2D eigenvalue weighted by Crippen LogP contribution is 2.18. The largest absolute Gasteiger partial charge is 0.374 e. The van der Waals surface area contributed by atoms with Crippen LogP contribution in [0.3, 0.4) is 0 Å². The molecule has 2 aromatic rings. The Hall–Kier alpha value is -2.01. The predicted octanol–water partition coefficient (Wildman–Crippen LogP) is 2.18. The van der Waals surface area contributed by atoms with Gasteiger partial charge >= 0.3 is 0 Å². The number of aromatic nitrogens is 3. The van der Waals surface area contributed by atoms with Gasteiger partial charge in [0.1, 0.15) is 12.4 Å². The van der Waals surface area contributed by atoms with Crippen LogP contribution in [0.25, 0.3) is 5.69 Å². The Kier molecular flexibility index (Phi) is 3.53. The van der Waals surface area contributed by atoms with E-state index in [1.54, 1.807) is 26.4 Å². The number of ether oxygens (including phenoxy) is 1. The fraction of sp³-hybridized carbons (Fsp3) is 0.308. The first-order valence-corrected chi connectivity index (χ1v) is 5.67. The van der Waals surface area contributed by atoms with Crippen molar-refractivity contribution in [2.45, 2.75) is 20.0 Å². The summed E-state index contributed by atoms with van der Waals surface area (Å²) in [6.45, 7) is 3.44. The van der Waals surface area contributed by atoms with Gasteiger partial charge in [-0.15, -0.1) is 10.2 Å². The molecule has 5 heteroatoms. The van der Waals surface area contributed by atoms with Gasteiger partial charge in [-0.2, -0.15) is 0 Å². The molecule has 2 rings (SSSR count). The lowest BCUT2D eigenvalue weighted by molar-refractivity contribution is 0.101. The zero-order valence-corrected chi connectivity index (χ0v) is 10.6. The Bertz CT molecular complexity index is 563. The zero-order valence-electron chi connectivity index (χ0n) is 10.6. The molecule has 0 saturated carbocycles. The van der Waals surface area contributed by atoms with Crippen LogP contribution in [-0.2, 0) is 4.74 Å². The van der Waals surface area contributed by atoms with Crippen molar-refractivity contribution in [3.8, 4) is 5.69 Å². The minimum Gasteiger partial charge on any atom is -0.374 e. The van der Waals surface area contributed by atoms with E-state index < -0.39 is 0 Å². The van der Waals surface area contributed by atoms with Crippen LogP contribution in [0, 0.1) is 0 Å². The number of methoxy groups -OCH3 is 1. The summed E-state index contributed by atoms with van der Waals surface area (Å²) in [7, 11) is 1.62. The van der Waals surface area contributed by atoms with Crippen LogP contribution < -0.4 is 0 Å². The van der Waals surface area contributed by atoms with E-state index in [2.05, 4.69) is 10.2 Å². The molecule has 1 unspecified atom stereocenters. The molecule has 0 saturated heterocycles. The van der Waals surface area contributed by atoms with Crippen LogP contribution in [0.1, 0.15) is 36.1 Å². The predicted molar refractivity (Wildman–Crippen MR) is 66.8 cm³/mol. The molecule has 1 aromatic carbocycles. The van der Waals surface area contributed by atoms with E-state index in [-0.39, 0.29) is 11.9 Å². The van der Waals surface area contributed by atoms with E-state index >= 15 is 0 Å². The van der Waals surface area contributed by atoms with E-state index in [1.165, 1.54) is 0 Å². The lowest BCUT2D eigenvalue weighted by atomic mass is 10.1. The highest BCUT2D eigenvalue weighted by atomic mass is 16.5. The summed E-state index contributed by atoms with van der Waals surface area (Å²) in [5, 5.41) is 7.93. The van der Waals surface area contributed by atoms with Gasteiger partial charge in [-0.05, 0) is 26.0 Å². The minimum atomic E-state index is -0.159. The first kappa shape index (κ1) is 12.4. The number of rotatable bonds is 4. The smallest absolute Gasteiger partial charge is 0.166 e. The maximum atomic E-state index is 11.4. The molecule has 0 spiro atoms. The van der Waals surface area contributed by atoms with Crippen molar-refractivity contribution in [1.82, 2.24) is 14.8 Å². The van der Waals surface area contributed by atoms with Gasteiger partial charge in [-0.25, -0.2) is 0 Å². The summed E-state index contributed by atoms with van der Waals surface area (Å²) in [5.74, 6) is 0.740. The molecule has 0 aliphatic carbocycles. The van der Waals surface area contributed by atoms with Gasteiger partial charge in [0.25, 0.3) is 0 Å². The standard InChI is InChI=1S/C13H15N3O2/c1-9(17)11-5-4-6-12(7-11)16-8-14-15-13(16)10(2)18-3/h4-8,10H,1-3H3. The molecule has 0 amide bonds. The second-order valence-corrected chi connectivity index (χ2v) is 4.04. The molecule has 0 aliphatic rings. The summed E-state index contributed by atoms with van der Waals surface area (Å²) < 4.78 is 7.06. The molecule has 94 valence electrons. The van der Waals surface area contributed by atoms with Crippen LogP contribution in [0.15, 0.2) is 30.6 Å². The third-order valence-corrected chi connectivity index (χ3v) is 2.82. The van der Waals surface area contributed by atoms with Crippen molar-refractivity contribution >= 4 is 5.78 Å². The summed E-state index contributed by atoms with van der Waals surface area (Å²) in [5.41, 5.74) is 1.52. The lowest BCUT2D eigenvalue weighted by Crippen LogP contribution is -2.07. The van der Waals surface area contributed by atoms with Crippen LogP contribution in [0.4, 0.5) is 0 Å². The number of ketones is 1. The molecular weight excluding hydrogens is 230 g/mol. The van der Waals surface area contributed by atoms with Crippen LogP contribution in [-0.4, -0.2) is 27.7 Å². The van der Waals surface area contributed by atoms with Crippen molar-refractivity contribution in [3.63, 3.8) is 0 Å². The molecule has 18 heavy (non-hydrogen) atoms. The maximum Gasteiger partial charge on any atom is 0.166 e. The van der Waals surface area contributed by atoms with Crippen molar-refractivity contribution < 1.29 is 9.53 Å². The number of nitrogens with zero attached hydrogens (tertiary/aromatic N) is 3. The van der Waals surface area contributed by atoms with Gasteiger partial charge in [0, 0.05) is 18.4 Å². The average Bonchev–Trinajstić information content (AvgIpc) is 2.87. The molecular formula is C13H15N3O2. The third kappa shape index (κ3) is 2.31. The third-order valence-electron chi connectivity index (χ3n) is 2.82. The first-order valence-electron chi connectivity index (χ1n) is 5.67. The molecule has 0 bridgehead atoms. The fourth-order valence-electron chi connectivity index (χ4n) is 1.70. The normalized spacial score (nSPS) is 12.4. The quantitative estimate of drug-likeness (QED) is 0.775. The second-order valence-electron chi connectivity index (χ2n) is 4.04. The van der Waals surface area contributed by atoms with Gasteiger partial charge in [0.2, 0.25) is 0 Å². The van der Waals surface area contributed by atoms with Gasteiger partial charge in [0.05, 0.1) is 0 Å². The average molecular weight is 245 g/mol.